The number of rotatable bonds is 11. The highest BCUT2D eigenvalue weighted by molar-refractivity contribution is 7.99. The second-order valence-corrected chi connectivity index (χ2v) is 11.2. The van der Waals surface area contributed by atoms with Gasteiger partial charge in [0.2, 0.25) is 5.82 Å². The summed E-state index contributed by atoms with van der Waals surface area (Å²) in [5.74, 6) is -13.5. The molecule has 5 atom stereocenters. The Morgan fingerprint density at radius 3 is 1.69 bits per heavy atom. The van der Waals surface area contributed by atoms with Crippen LogP contribution in [0.2, 0.25) is 0 Å². The van der Waals surface area contributed by atoms with Crippen LogP contribution in [0.5, 0.6) is 0 Å². The summed E-state index contributed by atoms with van der Waals surface area (Å²) in [7, 11) is 0. The van der Waals surface area contributed by atoms with Crippen molar-refractivity contribution in [1.82, 2.24) is 0 Å². The van der Waals surface area contributed by atoms with Crippen molar-refractivity contribution in [2.45, 2.75) is 48.0 Å². The van der Waals surface area contributed by atoms with Gasteiger partial charge >= 0.3 is 5.97 Å². The molecule has 0 aliphatic carbocycles. The van der Waals surface area contributed by atoms with Crippen molar-refractivity contribution >= 4 is 17.7 Å². The maximum Gasteiger partial charge on any atom is 0.344 e. The number of halogens is 5. The summed E-state index contributed by atoms with van der Waals surface area (Å²) in [5, 5.41) is 11.4. The van der Waals surface area contributed by atoms with E-state index in [1.54, 1.807) is 0 Å². The van der Waals surface area contributed by atoms with Crippen LogP contribution in [-0.2, 0) is 32.2 Å². The number of hydrogen-bond donors (Lipinski definition) is 1. The molecule has 1 saturated heterocycles. The average Bonchev–Trinajstić information content (AvgIpc) is 3.06. The molecule has 45 heavy (non-hydrogen) atoms. The van der Waals surface area contributed by atoms with E-state index in [1.165, 1.54) is 11.8 Å². The van der Waals surface area contributed by atoms with Crippen LogP contribution in [0.15, 0.2) is 95.9 Å². The highest BCUT2D eigenvalue weighted by atomic mass is 32.2. The van der Waals surface area contributed by atoms with Crippen LogP contribution in [0.3, 0.4) is 0 Å². The first kappa shape index (κ1) is 32.6. The maximum atomic E-state index is 14.3. The number of aliphatic hydroxyl groups is 1. The first-order valence-corrected chi connectivity index (χ1v) is 14.7. The van der Waals surface area contributed by atoms with Gasteiger partial charge in [0, 0.05) is 4.90 Å². The van der Waals surface area contributed by atoms with Crippen molar-refractivity contribution in [2.75, 3.05) is 6.61 Å². The summed E-state index contributed by atoms with van der Waals surface area (Å²) < 4.78 is 93.0. The monoisotopic (exact) mass is 646 g/mol. The lowest BCUT2D eigenvalue weighted by Crippen LogP contribution is -2.59. The van der Waals surface area contributed by atoms with Crippen molar-refractivity contribution in [3.05, 3.63) is 137 Å². The van der Waals surface area contributed by atoms with Crippen LogP contribution in [0.25, 0.3) is 0 Å². The smallest absolute Gasteiger partial charge is 0.344 e. The Kier molecular flexibility index (Phi) is 10.8. The van der Waals surface area contributed by atoms with Gasteiger partial charge in [0.05, 0.1) is 13.2 Å². The second kappa shape index (κ2) is 15.0. The largest absolute Gasteiger partial charge is 0.459 e. The van der Waals surface area contributed by atoms with Crippen LogP contribution in [-0.4, -0.2) is 47.5 Å². The third-order valence-electron chi connectivity index (χ3n) is 6.98. The standard InChI is InChI=1S/C33H27F5O6S/c34-24-23(25(35)27(37)28(38)26(24)36)32(40)43-18-22-29(39)30(41-16-19-10-4-1-5-11-19)31(42-17-20-12-6-2-7-13-20)33(44-22)45-21-14-8-3-9-15-21/h1-15,22,29-31,33,39H,16-18H2/t22-,29+,30+,31-,33+/m1/s1. The molecule has 12 heteroatoms. The van der Waals surface area contributed by atoms with E-state index in [0.29, 0.717) is 0 Å². The second-order valence-electron chi connectivity index (χ2n) is 10.0. The molecule has 1 aliphatic heterocycles. The van der Waals surface area contributed by atoms with E-state index in [-0.39, 0.29) is 13.2 Å². The molecule has 1 fully saturated rings. The van der Waals surface area contributed by atoms with Gasteiger partial charge in [0.1, 0.15) is 42.0 Å². The third-order valence-corrected chi connectivity index (χ3v) is 8.13. The average molecular weight is 647 g/mol. The molecule has 0 saturated carbocycles. The summed E-state index contributed by atoms with van der Waals surface area (Å²) in [5.41, 5.74) is -0.985. The van der Waals surface area contributed by atoms with E-state index < -0.39 is 77.1 Å². The molecule has 236 valence electrons. The molecule has 4 aromatic carbocycles. The molecule has 6 nitrogen and oxygen atoms in total. The van der Waals surface area contributed by atoms with Gasteiger partial charge < -0.3 is 24.1 Å². The molecule has 1 heterocycles. The zero-order chi connectivity index (χ0) is 31.9. The minimum atomic E-state index is -2.41. The Morgan fingerprint density at radius 2 is 1.16 bits per heavy atom. The number of thioether (sulfide) groups is 1. The number of aliphatic hydroxyl groups excluding tert-OH is 1. The molecule has 1 aliphatic rings. The maximum absolute atomic E-state index is 14.3. The molecule has 0 spiro atoms. The van der Waals surface area contributed by atoms with Crippen molar-refractivity contribution in [3.8, 4) is 0 Å². The molecule has 0 bridgehead atoms. The predicted octanol–water partition coefficient (Wildman–Crippen LogP) is 6.59. The topological polar surface area (TPSA) is 74.2 Å². The number of carbonyl (C=O) groups is 1. The van der Waals surface area contributed by atoms with E-state index in [2.05, 4.69) is 0 Å². The van der Waals surface area contributed by atoms with Gasteiger partial charge in [0.15, 0.2) is 23.3 Å². The van der Waals surface area contributed by atoms with Crippen LogP contribution in [0.4, 0.5) is 22.0 Å². The van der Waals surface area contributed by atoms with Crippen LogP contribution in [0.1, 0.15) is 21.5 Å². The Balaban J connectivity index is 1.41. The van der Waals surface area contributed by atoms with Crippen molar-refractivity contribution < 1.29 is 50.8 Å². The quantitative estimate of drug-likeness (QED) is 0.0854. The molecular weight excluding hydrogens is 619 g/mol. The van der Waals surface area contributed by atoms with Gasteiger partial charge in [-0.25, -0.2) is 26.7 Å². The molecule has 5 rings (SSSR count). The summed E-state index contributed by atoms with van der Waals surface area (Å²) >= 11 is 1.24. The van der Waals surface area contributed by atoms with Gasteiger partial charge in [0.25, 0.3) is 0 Å². The van der Waals surface area contributed by atoms with E-state index in [4.69, 9.17) is 18.9 Å². The van der Waals surface area contributed by atoms with Gasteiger partial charge in [-0.05, 0) is 23.3 Å². The third kappa shape index (κ3) is 7.71. The van der Waals surface area contributed by atoms with E-state index >= 15 is 0 Å². The fraction of sp³-hybridized carbons (Fsp3) is 0.242. The summed E-state index contributed by atoms with van der Waals surface area (Å²) in [4.78, 5) is 13.4. The van der Waals surface area contributed by atoms with Crippen molar-refractivity contribution in [2.24, 2.45) is 0 Å². The fourth-order valence-corrected chi connectivity index (χ4v) is 5.82. The Labute approximate surface area is 259 Å². The van der Waals surface area contributed by atoms with Crippen LogP contribution < -0.4 is 0 Å². The molecular formula is C33H27F5O6S. The Hall–Kier alpha value is -3.81. The molecule has 0 amide bonds. The predicted molar refractivity (Wildman–Crippen MR) is 154 cm³/mol. The zero-order valence-electron chi connectivity index (χ0n) is 23.5. The van der Waals surface area contributed by atoms with Gasteiger partial charge in [-0.3, -0.25) is 0 Å². The number of hydrogen-bond acceptors (Lipinski definition) is 7. The Morgan fingerprint density at radius 1 is 0.689 bits per heavy atom. The fourth-order valence-electron chi connectivity index (χ4n) is 4.67. The molecule has 0 unspecified atom stereocenters. The lowest BCUT2D eigenvalue weighted by molar-refractivity contribution is -0.237. The van der Waals surface area contributed by atoms with Crippen molar-refractivity contribution in [1.29, 1.82) is 0 Å². The normalized spacial score (nSPS) is 21.4. The minimum Gasteiger partial charge on any atom is -0.459 e. The highest BCUT2D eigenvalue weighted by Crippen LogP contribution is 2.37. The van der Waals surface area contributed by atoms with Crippen LogP contribution >= 0.6 is 11.8 Å². The first-order chi connectivity index (χ1) is 21.7. The molecule has 4 aromatic rings. The van der Waals surface area contributed by atoms with E-state index in [9.17, 15) is 31.9 Å². The lowest BCUT2D eigenvalue weighted by atomic mass is 9.99. The number of ether oxygens (including phenoxy) is 4. The molecule has 0 aromatic heterocycles. The minimum absolute atomic E-state index is 0.0630. The number of carbonyl (C=O) groups excluding carboxylic acids is 1. The Bertz CT molecular complexity index is 1550. The number of benzene rings is 4. The van der Waals surface area contributed by atoms with E-state index in [1.807, 2.05) is 91.0 Å². The summed E-state index contributed by atoms with van der Waals surface area (Å²) in [6.07, 6.45) is -4.79. The van der Waals surface area contributed by atoms with Crippen molar-refractivity contribution in [3.63, 3.8) is 0 Å². The van der Waals surface area contributed by atoms with Gasteiger partial charge in [-0.15, -0.1) is 0 Å². The van der Waals surface area contributed by atoms with Gasteiger partial charge in [-0.1, -0.05) is 90.6 Å². The van der Waals surface area contributed by atoms with Gasteiger partial charge in [-0.2, -0.15) is 0 Å². The summed E-state index contributed by atoms with van der Waals surface area (Å²) in [6, 6.07) is 27.5. The zero-order valence-corrected chi connectivity index (χ0v) is 24.3. The lowest BCUT2D eigenvalue weighted by Gasteiger charge is -2.44. The molecule has 1 N–H and O–H groups in total. The first-order valence-electron chi connectivity index (χ1n) is 13.8. The molecule has 0 radical (unpaired) electrons. The SMILES string of the molecule is O=C(OC[C@H]1O[C@@H](Sc2ccccc2)[C@H](OCc2ccccc2)[C@@H](OCc2ccccc2)[C@H]1O)c1c(F)c(F)c(F)c(F)c1F. The summed E-state index contributed by atoms with van der Waals surface area (Å²) in [6.45, 7) is -0.603. The van der Waals surface area contributed by atoms with Crippen LogP contribution in [0, 0.1) is 29.1 Å². The number of esters is 1. The highest BCUT2D eigenvalue weighted by Gasteiger charge is 2.48. The van der Waals surface area contributed by atoms with E-state index in [0.717, 1.165) is 16.0 Å².